The van der Waals surface area contributed by atoms with Gasteiger partial charge in [-0.25, -0.2) is 4.57 Å². The number of carbonyl (C=O) groups excluding carboxylic acids is 2. The first-order chi connectivity index (χ1) is 26.7. The van der Waals surface area contributed by atoms with Crippen LogP contribution in [0.25, 0.3) is 0 Å². The largest absolute Gasteiger partial charge is 0.469 e. The fourth-order valence-electron chi connectivity index (χ4n) is 6.09. The maximum absolute atomic E-state index is 12.4. The first-order valence-electron chi connectivity index (χ1n) is 22.0. The molecule has 0 aromatic rings. The lowest BCUT2D eigenvalue weighted by molar-refractivity contribution is -0.161. The van der Waals surface area contributed by atoms with Crippen LogP contribution < -0.4 is 0 Å². The number of rotatable bonds is 40. The molecule has 0 amide bonds. The number of aliphatic hydroxyl groups excluding tert-OH is 1. The molecule has 0 saturated carbocycles. The van der Waals surface area contributed by atoms with Crippen LogP contribution in [-0.2, 0) is 28.2 Å². The minimum atomic E-state index is -4.79. The Morgan fingerprint density at radius 1 is 0.564 bits per heavy atom. The van der Waals surface area contributed by atoms with E-state index in [2.05, 4.69) is 36.6 Å². The van der Waals surface area contributed by atoms with Gasteiger partial charge in [0, 0.05) is 12.8 Å². The molecule has 0 aliphatic heterocycles. The van der Waals surface area contributed by atoms with Gasteiger partial charge < -0.3 is 24.4 Å². The van der Waals surface area contributed by atoms with E-state index < -0.39 is 38.6 Å². The van der Waals surface area contributed by atoms with Gasteiger partial charge in [0.1, 0.15) is 6.61 Å². The maximum atomic E-state index is 12.4. The van der Waals surface area contributed by atoms with E-state index in [9.17, 15) is 19.3 Å². The third kappa shape index (κ3) is 42.9. The lowest BCUT2D eigenvalue weighted by Crippen LogP contribution is -2.29. The van der Waals surface area contributed by atoms with Gasteiger partial charge in [0.25, 0.3) is 0 Å². The molecule has 0 fully saturated rings. The highest BCUT2D eigenvalue weighted by Gasteiger charge is 2.22. The van der Waals surface area contributed by atoms with Crippen LogP contribution in [0.3, 0.4) is 0 Å². The highest BCUT2D eigenvalue weighted by atomic mass is 31.2. The van der Waals surface area contributed by atoms with Crippen molar-refractivity contribution in [3.05, 3.63) is 48.6 Å². The molecule has 0 heterocycles. The summed E-state index contributed by atoms with van der Waals surface area (Å²) in [6.07, 6.45) is 45.8. The number of phosphoric acid groups is 1. The second kappa shape index (κ2) is 40.2. The van der Waals surface area contributed by atoms with Gasteiger partial charge >= 0.3 is 19.8 Å². The molecule has 0 saturated heterocycles. The molecule has 320 valence electrons. The first kappa shape index (κ1) is 53.0. The lowest BCUT2D eigenvalue weighted by atomic mass is 10.0. The van der Waals surface area contributed by atoms with Crippen molar-refractivity contribution < 1.29 is 43.0 Å². The van der Waals surface area contributed by atoms with Crippen LogP contribution in [-0.4, -0.2) is 52.3 Å². The van der Waals surface area contributed by atoms with E-state index in [1.165, 1.54) is 116 Å². The summed E-state index contributed by atoms with van der Waals surface area (Å²) in [5, 5.41) is 10.1. The Balaban J connectivity index is 4.04. The topological polar surface area (TPSA) is 140 Å². The molecule has 0 radical (unpaired) electrons. The van der Waals surface area contributed by atoms with Crippen LogP contribution in [0, 0.1) is 0 Å². The average Bonchev–Trinajstić information content (AvgIpc) is 3.15. The summed E-state index contributed by atoms with van der Waals surface area (Å²) >= 11 is 0. The fourth-order valence-corrected chi connectivity index (χ4v) is 6.45. The normalized spacial score (nSPS) is 13.5. The second-order valence-electron chi connectivity index (χ2n) is 14.9. The van der Waals surface area contributed by atoms with Crippen molar-refractivity contribution in [1.29, 1.82) is 0 Å². The Morgan fingerprint density at radius 2 is 1.05 bits per heavy atom. The molecule has 0 aliphatic carbocycles. The van der Waals surface area contributed by atoms with Gasteiger partial charge in [-0.15, -0.1) is 0 Å². The molecular formula is C45H81O9P. The molecular weight excluding hydrogens is 715 g/mol. The smallest absolute Gasteiger partial charge is 0.462 e. The molecule has 10 heteroatoms. The summed E-state index contributed by atoms with van der Waals surface area (Å²) in [7, 11) is -4.79. The highest BCUT2D eigenvalue weighted by molar-refractivity contribution is 7.46. The van der Waals surface area contributed by atoms with E-state index in [0.717, 1.165) is 32.1 Å². The fraction of sp³-hybridized carbons (Fsp3) is 0.778. The van der Waals surface area contributed by atoms with Crippen molar-refractivity contribution in [2.75, 3.05) is 13.2 Å². The van der Waals surface area contributed by atoms with Crippen molar-refractivity contribution in [1.82, 2.24) is 0 Å². The first-order valence-corrected chi connectivity index (χ1v) is 23.6. The van der Waals surface area contributed by atoms with Gasteiger partial charge in [-0.1, -0.05) is 191 Å². The molecule has 0 rings (SSSR count). The molecule has 0 aromatic heterocycles. The van der Waals surface area contributed by atoms with Gasteiger partial charge in [0.05, 0.1) is 12.7 Å². The lowest BCUT2D eigenvalue weighted by Gasteiger charge is -2.18. The van der Waals surface area contributed by atoms with E-state index in [-0.39, 0.29) is 19.4 Å². The minimum absolute atomic E-state index is 0.133. The number of hydrogen-bond acceptors (Lipinski definition) is 7. The van der Waals surface area contributed by atoms with Crippen LogP contribution in [0.2, 0.25) is 0 Å². The molecule has 3 N–H and O–H groups in total. The zero-order valence-corrected chi connectivity index (χ0v) is 35.8. The van der Waals surface area contributed by atoms with Crippen LogP contribution >= 0.6 is 7.82 Å². The minimum Gasteiger partial charge on any atom is -0.462 e. The molecule has 55 heavy (non-hydrogen) atoms. The number of hydrogen-bond donors (Lipinski definition) is 3. The zero-order valence-electron chi connectivity index (χ0n) is 34.9. The number of ether oxygens (including phenoxy) is 2. The number of aliphatic hydroxyl groups is 1. The molecule has 0 bridgehead atoms. The average molecular weight is 797 g/mol. The Bertz CT molecular complexity index is 1050. The van der Waals surface area contributed by atoms with E-state index in [1.807, 2.05) is 18.2 Å². The Labute approximate surface area is 336 Å². The molecule has 1 unspecified atom stereocenters. The van der Waals surface area contributed by atoms with E-state index >= 15 is 0 Å². The van der Waals surface area contributed by atoms with Crippen molar-refractivity contribution >= 4 is 19.8 Å². The SMILES string of the molecule is CCCCC/C=C\C/C=C\CC(O)/C=C\C=C\CCCC(=O)OC[C@H](COP(=O)(O)O)OC(=O)CCCCCCCCCCCCCCCCCCCCC. The van der Waals surface area contributed by atoms with Gasteiger partial charge in [0.2, 0.25) is 0 Å². The van der Waals surface area contributed by atoms with Crippen molar-refractivity contribution in [2.45, 2.75) is 212 Å². The summed E-state index contributed by atoms with van der Waals surface area (Å²) in [5.41, 5.74) is 0. The third-order valence-electron chi connectivity index (χ3n) is 9.43. The highest BCUT2D eigenvalue weighted by Crippen LogP contribution is 2.36. The number of unbranched alkanes of at least 4 members (excludes halogenated alkanes) is 22. The van der Waals surface area contributed by atoms with Crippen molar-refractivity contribution in [3.8, 4) is 0 Å². The maximum Gasteiger partial charge on any atom is 0.469 e. The van der Waals surface area contributed by atoms with Crippen molar-refractivity contribution in [3.63, 3.8) is 0 Å². The van der Waals surface area contributed by atoms with Crippen LogP contribution in [0.5, 0.6) is 0 Å². The van der Waals surface area contributed by atoms with E-state index in [1.54, 1.807) is 12.2 Å². The quantitative estimate of drug-likeness (QED) is 0.0182. The van der Waals surface area contributed by atoms with Crippen molar-refractivity contribution in [2.24, 2.45) is 0 Å². The molecule has 0 aliphatic rings. The molecule has 0 aromatic carbocycles. The monoisotopic (exact) mass is 797 g/mol. The number of carbonyl (C=O) groups is 2. The van der Waals surface area contributed by atoms with Crippen LogP contribution in [0.4, 0.5) is 0 Å². The zero-order chi connectivity index (χ0) is 40.5. The van der Waals surface area contributed by atoms with E-state index in [4.69, 9.17) is 19.3 Å². The third-order valence-corrected chi connectivity index (χ3v) is 9.92. The summed E-state index contributed by atoms with van der Waals surface area (Å²) in [4.78, 5) is 42.9. The summed E-state index contributed by atoms with van der Waals surface area (Å²) < 4.78 is 26.3. The number of allylic oxidation sites excluding steroid dienone is 6. The Morgan fingerprint density at radius 3 is 1.62 bits per heavy atom. The summed E-state index contributed by atoms with van der Waals surface area (Å²) in [6.45, 7) is 3.55. The van der Waals surface area contributed by atoms with Gasteiger partial charge in [-0.05, 0) is 44.9 Å². The van der Waals surface area contributed by atoms with Gasteiger partial charge in [0.15, 0.2) is 6.10 Å². The number of phosphoric ester groups is 1. The molecule has 2 atom stereocenters. The molecule has 9 nitrogen and oxygen atoms in total. The standard InChI is InChI=1S/C45H81O9P/c1-3-5-7-9-11-13-14-15-16-17-18-19-20-21-22-24-26-30-35-39-45(48)54-43(41-53-55(49,50)51)40-52-44(47)38-34-31-27-29-33-37-42(46)36-32-28-25-23-12-10-8-6-4-2/h12,23,27-29,32-33,37,42-43,46H,3-11,13-22,24-26,30-31,34-36,38-41H2,1-2H3,(H2,49,50,51)/b23-12-,29-27+,32-28-,37-33-/t42?,43-/m1/s1. The van der Waals surface area contributed by atoms with Gasteiger partial charge in [-0.3, -0.25) is 14.1 Å². The Kier molecular flexibility index (Phi) is 38.7. The van der Waals surface area contributed by atoms with Crippen LogP contribution in [0.15, 0.2) is 48.6 Å². The summed E-state index contributed by atoms with van der Waals surface area (Å²) in [5.74, 6) is -1.01. The Hall–Kier alpha value is -2.03. The number of esters is 2. The van der Waals surface area contributed by atoms with E-state index in [0.29, 0.717) is 25.7 Å². The second-order valence-corrected chi connectivity index (χ2v) is 16.1. The van der Waals surface area contributed by atoms with Gasteiger partial charge in [-0.2, -0.15) is 0 Å². The predicted octanol–water partition coefficient (Wildman–Crippen LogP) is 12.5. The predicted molar refractivity (Wildman–Crippen MR) is 227 cm³/mol. The summed E-state index contributed by atoms with van der Waals surface area (Å²) in [6, 6.07) is 0. The van der Waals surface area contributed by atoms with Crippen LogP contribution in [0.1, 0.15) is 200 Å². The molecule has 0 spiro atoms.